The van der Waals surface area contributed by atoms with Crippen molar-refractivity contribution >= 4 is 22.8 Å². The summed E-state index contributed by atoms with van der Waals surface area (Å²) in [6.45, 7) is 0. The molecule has 1 saturated carbocycles. The average molecular weight is 508 g/mol. The van der Waals surface area contributed by atoms with Crippen LogP contribution in [0.5, 0.6) is 5.75 Å². The number of pyridine rings is 3. The Hall–Kier alpha value is -2.41. The van der Waals surface area contributed by atoms with Crippen molar-refractivity contribution in [2.75, 3.05) is 5.94 Å². The van der Waals surface area contributed by atoms with Crippen molar-refractivity contribution in [1.29, 1.82) is 0 Å². The third-order valence-electron chi connectivity index (χ3n) is 8.48. The molecule has 36 heavy (non-hydrogen) atoms. The molecule has 0 amide bonds. The fourth-order valence-corrected chi connectivity index (χ4v) is 7.38. The number of halogens is 1. The monoisotopic (exact) mass is 507 g/mol. The van der Waals surface area contributed by atoms with E-state index in [1.54, 1.807) is 23.9 Å². The van der Waals surface area contributed by atoms with Gasteiger partial charge in [-0.25, -0.2) is 4.39 Å². The summed E-state index contributed by atoms with van der Waals surface area (Å²) in [7, 11) is 0. The number of nitrogens with zero attached hydrogens (tertiary/aromatic N) is 3. The van der Waals surface area contributed by atoms with Crippen LogP contribution >= 0.6 is 11.8 Å². The Bertz CT molecular complexity index is 1310. The Labute approximate surface area is 215 Å². The van der Waals surface area contributed by atoms with Crippen molar-refractivity contribution in [2.24, 2.45) is 11.8 Å². The lowest BCUT2D eigenvalue weighted by atomic mass is 9.80. The second kappa shape index (κ2) is 10.5. The van der Waals surface area contributed by atoms with E-state index in [1.165, 1.54) is 74.6 Å². The molecule has 0 saturated heterocycles. The van der Waals surface area contributed by atoms with Gasteiger partial charge in [-0.1, -0.05) is 63.1 Å². The number of ether oxygens (including phenoxy) is 1. The lowest BCUT2D eigenvalue weighted by Crippen LogP contribution is -2.24. The van der Waals surface area contributed by atoms with E-state index in [0.29, 0.717) is 23.8 Å². The summed E-state index contributed by atoms with van der Waals surface area (Å²) in [5.74, 6) is 2.75. The average Bonchev–Trinajstić information content (AvgIpc) is 3.49. The number of fused-ring (bicyclic) bond motifs is 1. The van der Waals surface area contributed by atoms with Crippen LogP contribution < -0.4 is 10.3 Å². The van der Waals surface area contributed by atoms with Crippen LogP contribution in [0.3, 0.4) is 0 Å². The number of hydrogen-bond acceptors (Lipinski definition) is 5. The maximum absolute atomic E-state index is 14.5. The maximum atomic E-state index is 14.5. The SMILES string of the molecule is O=c1ccc2ncc(F)c3c2n1C(CC1CCCCC(CCCCc2cc4c(cn2)OCS4)CC1)C3. The third kappa shape index (κ3) is 4.91. The van der Waals surface area contributed by atoms with Crippen LogP contribution in [0, 0.1) is 17.7 Å². The Morgan fingerprint density at radius 1 is 1.06 bits per heavy atom. The molecule has 1 fully saturated rings. The van der Waals surface area contributed by atoms with Crippen molar-refractivity contribution in [2.45, 2.75) is 88.0 Å². The van der Waals surface area contributed by atoms with Crippen LogP contribution in [0.4, 0.5) is 4.39 Å². The van der Waals surface area contributed by atoms with Gasteiger partial charge in [0.25, 0.3) is 5.56 Å². The third-order valence-corrected chi connectivity index (χ3v) is 9.34. The zero-order valence-electron chi connectivity index (χ0n) is 20.8. The molecule has 190 valence electrons. The van der Waals surface area contributed by atoms with E-state index in [1.807, 2.05) is 10.8 Å². The molecule has 7 heteroatoms. The molecule has 5 nitrogen and oxygen atoms in total. The van der Waals surface area contributed by atoms with Gasteiger partial charge in [0.05, 0.1) is 28.3 Å². The smallest absolute Gasteiger partial charge is 0.251 e. The molecule has 0 bridgehead atoms. The highest BCUT2D eigenvalue weighted by molar-refractivity contribution is 7.99. The summed E-state index contributed by atoms with van der Waals surface area (Å²) in [6, 6.07) is 5.58. The molecule has 3 aromatic heterocycles. The molecule has 3 aliphatic rings. The number of thioether (sulfide) groups is 1. The summed E-state index contributed by atoms with van der Waals surface area (Å²) < 4.78 is 21.9. The molecule has 0 aromatic carbocycles. The normalized spacial score (nSPS) is 23.3. The standard InChI is InChI=1S/C29H34FN3O2S/c30-24-16-32-25-11-12-28(34)33-22(15-23(24)29(25)33)13-20-7-2-1-5-19(9-10-20)6-3-4-8-21-14-27-26(17-31-21)35-18-36-27/h11-12,14,16-17,19-20,22H,1-10,13,15,18H2. The first-order valence-electron chi connectivity index (χ1n) is 13.6. The van der Waals surface area contributed by atoms with E-state index < -0.39 is 0 Å². The molecular formula is C29H34FN3O2S. The van der Waals surface area contributed by atoms with Gasteiger partial charge in [0.1, 0.15) is 11.8 Å². The van der Waals surface area contributed by atoms with Gasteiger partial charge in [-0.15, -0.1) is 0 Å². The largest absolute Gasteiger partial charge is 0.480 e. The van der Waals surface area contributed by atoms with Crippen molar-refractivity contribution in [3.63, 3.8) is 0 Å². The van der Waals surface area contributed by atoms with Gasteiger partial charge in [0.2, 0.25) is 0 Å². The Kier molecular flexibility index (Phi) is 7.00. The summed E-state index contributed by atoms with van der Waals surface area (Å²) in [5, 5.41) is 0. The predicted molar refractivity (Wildman–Crippen MR) is 141 cm³/mol. The number of hydrogen-bond donors (Lipinski definition) is 0. The Morgan fingerprint density at radius 3 is 2.83 bits per heavy atom. The molecule has 3 unspecified atom stereocenters. The van der Waals surface area contributed by atoms with Gasteiger partial charge >= 0.3 is 0 Å². The highest BCUT2D eigenvalue weighted by Crippen LogP contribution is 2.39. The van der Waals surface area contributed by atoms with Gasteiger partial charge in [-0.3, -0.25) is 14.8 Å². The molecule has 0 N–H and O–H groups in total. The van der Waals surface area contributed by atoms with E-state index in [0.717, 1.165) is 35.5 Å². The Balaban J connectivity index is 1.02. The first kappa shape index (κ1) is 24.0. The molecule has 3 atom stereocenters. The van der Waals surface area contributed by atoms with Crippen molar-refractivity contribution < 1.29 is 9.13 Å². The minimum Gasteiger partial charge on any atom is -0.480 e. The first-order chi connectivity index (χ1) is 17.7. The van der Waals surface area contributed by atoms with E-state index in [-0.39, 0.29) is 17.4 Å². The number of rotatable bonds is 7. The second-order valence-corrected chi connectivity index (χ2v) is 11.8. The van der Waals surface area contributed by atoms with Gasteiger partial charge in [0.15, 0.2) is 5.75 Å². The molecule has 0 radical (unpaired) electrons. The van der Waals surface area contributed by atoms with Crippen LogP contribution in [0.25, 0.3) is 11.0 Å². The lowest BCUT2D eigenvalue weighted by Gasteiger charge is -2.27. The van der Waals surface area contributed by atoms with E-state index in [4.69, 9.17) is 4.74 Å². The highest BCUT2D eigenvalue weighted by atomic mass is 32.2. The topological polar surface area (TPSA) is 57.0 Å². The molecule has 1 aliphatic carbocycles. The van der Waals surface area contributed by atoms with Crippen molar-refractivity contribution in [3.05, 3.63) is 58.0 Å². The highest BCUT2D eigenvalue weighted by Gasteiger charge is 2.30. The van der Waals surface area contributed by atoms with Crippen LogP contribution in [-0.2, 0) is 12.8 Å². The lowest BCUT2D eigenvalue weighted by molar-refractivity contribution is 0.261. The molecule has 3 aromatic rings. The maximum Gasteiger partial charge on any atom is 0.251 e. The van der Waals surface area contributed by atoms with Crippen molar-refractivity contribution in [1.82, 2.24) is 14.5 Å². The predicted octanol–water partition coefficient (Wildman–Crippen LogP) is 6.86. The Morgan fingerprint density at radius 2 is 1.92 bits per heavy atom. The summed E-state index contributed by atoms with van der Waals surface area (Å²) in [5.41, 5.74) is 3.29. The second-order valence-electron chi connectivity index (χ2n) is 10.8. The molecule has 0 spiro atoms. The molecular weight excluding hydrogens is 473 g/mol. The van der Waals surface area contributed by atoms with Gasteiger partial charge < -0.3 is 9.30 Å². The van der Waals surface area contributed by atoms with E-state index in [9.17, 15) is 9.18 Å². The van der Waals surface area contributed by atoms with Gasteiger partial charge in [-0.05, 0) is 49.7 Å². The number of aryl methyl sites for hydroxylation is 1. The van der Waals surface area contributed by atoms with Crippen LogP contribution in [0.1, 0.15) is 81.5 Å². The number of unbranched alkanes of at least 4 members (excludes halogenated alkanes) is 1. The zero-order valence-corrected chi connectivity index (χ0v) is 21.6. The summed E-state index contributed by atoms with van der Waals surface area (Å²) in [4.78, 5) is 22.8. The van der Waals surface area contributed by atoms with Crippen LogP contribution in [-0.4, -0.2) is 20.5 Å². The minimum absolute atomic E-state index is 0.0219. The van der Waals surface area contributed by atoms with Crippen molar-refractivity contribution in [3.8, 4) is 5.75 Å². The van der Waals surface area contributed by atoms with Crippen LogP contribution in [0.15, 0.2) is 40.3 Å². The fraction of sp³-hybridized carbons (Fsp3) is 0.552. The van der Waals surface area contributed by atoms with E-state index in [2.05, 4.69) is 16.0 Å². The van der Waals surface area contributed by atoms with Gasteiger partial charge in [-0.2, -0.15) is 0 Å². The molecule has 6 rings (SSSR count). The quantitative estimate of drug-likeness (QED) is 0.327. The zero-order chi connectivity index (χ0) is 24.5. The number of aromatic nitrogens is 3. The summed E-state index contributed by atoms with van der Waals surface area (Å²) >= 11 is 1.75. The molecule has 2 aliphatic heterocycles. The minimum atomic E-state index is -0.274. The van der Waals surface area contributed by atoms with Crippen LogP contribution in [0.2, 0.25) is 0 Å². The fourth-order valence-electron chi connectivity index (χ4n) is 6.59. The summed E-state index contributed by atoms with van der Waals surface area (Å²) in [6.07, 6.45) is 17.1. The molecule has 5 heterocycles. The van der Waals surface area contributed by atoms with E-state index >= 15 is 0 Å². The first-order valence-corrected chi connectivity index (χ1v) is 14.6. The van der Waals surface area contributed by atoms with Gasteiger partial charge in [0, 0.05) is 23.4 Å².